The zero-order chi connectivity index (χ0) is 14.1. The second-order valence-corrected chi connectivity index (χ2v) is 5.19. The van der Waals surface area contributed by atoms with Gasteiger partial charge in [-0.1, -0.05) is 0 Å². The summed E-state index contributed by atoms with van der Waals surface area (Å²) in [6.45, 7) is 5.19. The third kappa shape index (κ3) is 2.43. The number of amides is 1. The fourth-order valence-electron chi connectivity index (χ4n) is 2.65. The highest BCUT2D eigenvalue weighted by atomic mass is 16.1. The third-order valence-corrected chi connectivity index (χ3v) is 3.56. The first-order valence-corrected chi connectivity index (χ1v) is 6.84. The number of carbonyl (C=O) groups is 1. The molecular formula is C13H18N6O. The van der Waals surface area contributed by atoms with E-state index in [1.807, 2.05) is 19.1 Å². The van der Waals surface area contributed by atoms with Crippen molar-refractivity contribution in [3.63, 3.8) is 0 Å². The summed E-state index contributed by atoms with van der Waals surface area (Å²) in [6.07, 6.45) is 2.07. The van der Waals surface area contributed by atoms with Gasteiger partial charge in [0.15, 0.2) is 11.5 Å². The number of piperidine rings is 1. The monoisotopic (exact) mass is 274 g/mol. The van der Waals surface area contributed by atoms with E-state index in [4.69, 9.17) is 0 Å². The highest BCUT2D eigenvalue weighted by Gasteiger charge is 2.22. The Morgan fingerprint density at radius 2 is 2.25 bits per heavy atom. The van der Waals surface area contributed by atoms with Crippen LogP contribution in [0.2, 0.25) is 0 Å². The molecule has 0 spiro atoms. The second kappa shape index (κ2) is 5.07. The maximum atomic E-state index is 11.2. The average molecular weight is 274 g/mol. The molecule has 1 amide bonds. The Balaban J connectivity index is 1.82. The van der Waals surface area contributed by atoms with Crippen molar-refractivity contribution in [1.29, 1.82) is 0 Å². The fraction of sp³-hybridized carbons (Fsp3) is 0.538. The van der Waals surface area contributed by atoms with Gasteiger partial charge in [0.1, 0.15) is 5.82 Å². The smallest absolute Gasteiger partial charge is 0.217 e. The second-order valence-electron chi connectivity index (χ2n) is 5.19. The first kappa shape index (κ1) is 12.8. The average Bonchev–Trinajstić information content (AvgIpc) is 2.80. The van der Waals surface area contributed by atoms with E-state index in [0.29, 0.717) is 0 Å². The molecule has 1 unspecified atom stereocenters. The van der Waals surface area contributed by atoms with Gasteiger partial charge in [-0.05, 0) is 31.9 Å². The first-order valence-electron chi connectivity index (χ1n) is 6.84. The molecule has 1 N–H and O–H groups in total. The molecule has 1 fully saturated rings. The van der Waals surface area contributed by atoms with Crippen LogP contribution in [0.15, 0.2) is 12.1 Å². The number of anilines is 1. The largest absolute Gasteiger partial charge is 0.353 e. The summed E-state index contributed by atoms with van der Waals surface area (Å²) in [5.41, 5.74) is 0.752. The normalized spacial score (nSPS) is 19.3. The van der Waals surface area contributed by atoms with Gasteiger partial charge in [0.05, 0.1) is 0 Å². The molecule has 0 aromatic carbocycles. The molecule has 3 rings (SSSR count). The summed E-state index contributed by atoms with van der Waals surface area (Å²) < 4.78 is 1.75. The highest BCUT2D eigenvalue weighted by molar-refractivity contribution is 5.73. The van der Waals surface area contributed by atoms with Crippen molar-refractivity contribution < 1.29 is 4.79 Å². The summed E-state index contributed by atoms with van der Waals surface area (Å²) in [5, 5.41) is 15.6. The number of hydrogen-bond acceptors (Lipinski definition) is 5. The Kier molecular flexibility index (Phi) is 3.25. The fourth-order valence-corrected chi connectivity index (χ4v) is 2.65. The molecule has 1 aliphatic rings. The summed E-state index contributed by atoms with van der Waals surface area (Å²) in [7, 11) is 0. The minimum absolute atomic E-state index is 0.0231. The topological polar surface area (TPSA) is 75.4 Å². The van der Waals surface area contributed by atoms with E-state index in [1.165, 1.54) is 0 Å². The van der Waals surface area contributed by atoms with Crippen LogP contribution in [0.25, 0.3) is 5.65 Å². The maximum absolute atomic E-state index is 11.2. The SMILES string of the molecule is CC(=O)NC1CCCN(c2ccc3nnc(C)n3n2)C1. The van der Waals surface area contributed by atoms with Gasteiger partial charge in [0.25, 0.3) is 0 Å². The van der Waals surface area contributed by atoms with E-state index >= 15 is 0 Å². The van der Waals surface area contributed by atoms with Crippen LogP contribution in [0.4, 0.5) is 5.82 Å². The van der Waals surface area contributed by atoms with E-state index in [1.54, 1.807) is 11.4 Å². The Morgan fingerprint density at radius 1 is 1.40 bits per heavy atom. The molecule has 20 heavy (non-hydrogen) atoms. The van der Waals surface area contributed by atoms with Gasteiger partial charge in [0, 0.05) is 26.1 Å². The highest BCUT2D eigenvalue weighted by Crippen LogP contribution is 2.18. The van der Waals surface area contributed by atoms with Crippen molar-refractivity contribution in [2.24, 2.45) is 0 Å². The number of fused-ring (bicyclic) bond motifs is 1. The molecule has 2 aromatic rings. The molecule has 2 aromatic heterocycles. The molecule has 1 saturated heterocycles. The molecule has 7 nitrogen and oxygen atoms in total. The van der Waals surface area contributed by atoms with E-state index in [9.17, 15) is 4.79 Å². The quantitative estimate of drug-likeness (QED) is 0.865. The van der Waals surface area contributed by atoms with Crippen LogP contribution in [0.1, 0.15) is 25.6 Å². The van der Waals surface area contributed by atoms with Gasteiger partial charge in [-0.2, -0.15) is 4.52 Å². The minimum Gasteiger partial charge on any atom is -0.353 e. The Labute approximate surface area is 117 Å². The number of aryl methyl sites for hydroxylation is 1. The first-order chi connectivity index (χ1) is 9.63. The molecule has 0 aliphatic carbocycles. The zero-order valence-electron chi connectivity index (χ0n) is 11.7. The van der Waals surface area contributed by atoms with Crippen LogP contribution in [0.5, 0.6) is 0 Å². The lowest BCUT2D eigenvalue weighted by molar-refractivity contribution is -0.119. The molecular weight excluding hydrogens is 256 g/mol. The van der Waals surface area contributed by atoms with Crippen LogP contribution in [0, 0.1) is 6.92 Å². The summed E-state index contributed by atoms with van der Waals surface area (Å²) >= 11 is 0. The van der Waals surface area contributed by atoms with Crippen molar-refractivity contribution in [2.45, 2.75) is 32.7 Å². The number of nitrogens with one attached hydrogen (secondary N) is 1. The molecule has 1 aliphatic heterocycles. The van der Waals surface area contributed by atoms with E-state index < -0.39 is 0 Å². The molecule has 0 saturated carbocycles. The summed E-state index contributed by atoms with van der Waals surface area (Å²) in [4.78, 5) is 13.4. The van der Waals surface area contributed by atoms with E-state index in [-0.39, 0.29) is 11.9 Å². The predicted molar refractivity (Wildman–Crippen MR) is 74.6 cm³/mol. The van der Waals surface area contributed by atoms with Crippen LogP contribution in [0.3, 0.4) is 0 Å². The van der Waals surface area contributed by atoms with Gasteiger partial charge < -0.3 is 10.2 Å². The summed E-state index contributed by atoms with van der Waals surface area (Å²) in [5.74, 6) is 1.70. The Bertz CT molecular complexity index is 637. The Morgan fingerprint density at radius 3 is 3.05 bits per heavy atom. The maximum Gasteiger partial charge on any atom is 0.217 e. The van der Waals surface area contributed by atoms with E-state index in [0.717, 1.165) is 43.2 Å². The molecule has 0 radical (unpaired) electrons. The van der Waals surface area contributed by atoms with Crippen LogP contribution >= 0.6 is 0 Å². The van der Waals surface area contributed by atoms with Crippen molar-refractivity contribution >= 4 is 17.4 Å². The van der Waals surface area contributed by atoms with Crippen molar-refractivity contribution in [1.82, 2.24) is 25.1 Å². The minimum atomic E-state index is 0.0231. The molecule has 0 bridgehead atoms. The molecule has 1 atom stereocenters. The van der Waals surface area contributed by atoms with Crippen molar-refractivity contribution in [3.05, 3.63) is 18.0 Å². The number of rotatable bonds is 2. The summed E-state index contributed by atoms with van der Waals surface area (Å²) in [6, 6.07) is 4.07. The van der Waals surface area contributed by atoms with Gasteiger partial charge in [-0.3, -0.25) is 4.79 Å². The number of hydrogen-bond donors (Lipinski definition) is 1. The van der Waals surface area contributed by atoms with Gasteiger partial charge in [0.2, 0.25) is 5.91 Å². The van der Waals surface area contributed by atoms with Crippen LogP contribution in [-0.2, 0) is 4.79 Å². The Hall–Kier alpha value is -2.18. The van der Waals surface area contributed by atoms with Crippen LogP contribution < -0.4 is 10.2 Å². The number of nitrogens with zero attached hydrogens (tertiary/aromatic N) is 5. The molecule has 7 heteroatoms. The van der Waals surface area contributed by atoms with Crippen molar-refractivity contribution in [2.75, 3.05) is 18.0 Å². The lowest BCUT2D eigenvalue weighted by atomic mass is 10.1. The zero-order valence-corrected chi connectivity index (χ0v) is 11.7. The van der Waals surface area contributed by atoms with E-state index in [2.05, 4.69) is 25.5 Å². The van der Waals surface area contributed by atoms with Gasteiger partial charge in [-0.15, -0.1) is 15.3 Å². The van der Waals surface area contributed by atoms with Crippen LogP contribution in [-0.4, -0.2) is 44.8 Å². The van der Waals surface area contributed by atoms with Gasteiger partial charge in [-0.25, -0.2) is 0 Å². The lowest BCUT2D eigenvalue weighted by Crippen LogP contribution is -2.47. The number of carbonyl (C=O) groups excluding carboxylic acids is 1. The van der Waals surface area contributed by atoms with Crippen molar-refractivity contribution in [3.8, 4) is 0 Å². The van der Waals surface area contributed by atoms with Gasteiger partial charge >= 0.3 is 0 Å². The standard InChI is InChI=1S/C13H18N6O/c1-9-15-16-12-5-6-13(17-19(9)12)18-7-3-4-11(8-18)14-10(2)20/h5-6,11H,3-4,7-8H2,1-2H3,(H,14,20). The number of aromatic nitrogens is 4. The molecule has 3 heterocycles. The third-order valence-electron chi connectivity index (χ3n) is 3.56. The predicted octanol–water partition coefficient (Wildman–Crippen LogP) is 0.538. The molecule has 106 valence electrons. The lowest BCUT2D eigenvalue weighted by Gasteiger charge is -2.33.